The molecule has 2 rings (SSSR count). The Morgan fingerprint density at radius 1 is 1.44 bits per heavy atom. The highest BCUT2D eigenvalue weighted by atomic mass is 32.2. The van der Waals surface area contributed by atoms with Crippen LogP contribution in [0.15, 0.2) is 17.2 Å². The third kappa shape index (κ3) is 2.60. The van der Waals surface area contributed by atoms with Crippen LogP contribution in [0.1, 0.15) is 32.4 Å². The largest absolute Gasteiger partial charge is 0.363 e. The monoisotopic (exact) mass is 271 g/mol. The summed E-state index contributed by atoms with van der Waals surface area (Å²) < 4.78 is 27.2. The predicted octanol–water partition coefficient (Wildman–Crippen LogP) is 1.19. The second kappa shape index (κ2) is 5.03. The molecule has 0 amide bonds. The first-order chi connectivity index (χ1) is 8.44. The summed E-state index contributed by atoms with van der Waals surface area (Å²) in [6.45, 7) is 4.58. The number of sulfonamides is 1. The molecule has 1 aromatic heterocycles. The zero-order chi connectivity index (χ0) is 13.3. The summed E-state index contributed by atoms with van der Waals surface area (Å²) in [4.78, 5) is 3.14. The van der Waals surface area contributed by atoms with Crippen molar-refractivity contribution >= 4 is 10.0 Å². The van der Waals surface area contributed by atoms with Gasteiger partial charge in [0.2, 0.25) is 10.0 Å². The lowest BCUT2D eigenvalue weighted by molar-refractivity contribution is 0.402. The van der Waals surface area contributed by atoms with Crippen LogP contribution in [0, 0.1) is 11.8 Å². The lowest BCUT2D eigenvalue weighted by Gasteiger charge is -2.19. The van der Waals surface area contributed by atoms with Crippen LogP contribution in [-0.2, 0) is 16.6 Å². The van der Waals surface area contributed by atoms with Crippen LogP contribution in [0.3, 0.4) is 0 Å². The van der Waals surface area contributed by atoms with Crippen LogP contribution in [0.5, 0.6) is 0 Å². The van der Waals surface area contributed by atoms with Crippen LogP contribution in [0.2, 0.25) is 0 Å². The van der Waals surface area contributed by atoms with Gasteiger partial charge in [-0.05, 0) is 30.7 Å². The van der Waals surface area contributed by atoms with Crippen LogP contribution in [0.4, 0.5) is 0 Å². The Balaban J connectivity index is 2.12. The van der Waals surface area contributed by atoms with Gasteiger partial charge in [-0.2, -0.15) is 0 Å². The van der Waals surface area contributed by atoms with E-state index in [2.05, 4.69) is 23.6 Å². The minimum Gasteiger partial charge on any atom is -0.363 e. The van der Waals surface area contributed by atoms with Crippen molar-refractivity contribution in [1.29, 1.82) is 0 Å². The number of nitrogens with one attached hydrogen (secondary N) is 2. The molecule has 0 saturated heterocycles. The molecule has 18 heavy (non-hydrogen) atoms. The summed E-state index contributed by atoms with van der Waals surface area (Å²) in [5.41, 5.74) is 6.19. The zero-order valence-electron chi connectivity index (χ0n) is 10.8. The standard InChI is InChI=1S/C12H21N3O2S/c1-8-3-4-12(9(8)2)15-18(16,17)11-5-10(6-13)14-7-11/h5,7-9,12,14-15H,3-4,6,13H2,1-2H3. The van der Waals surface area contributed by atoms with Gasteiger partial charge in [0, 0.05) is 24.5 Å². The van der Waals surface area contributed by atoms with Gasteiger partial charge in [-0.1, -0.05) is 13.8 Å². The number of hydrogen-bond donors (Lipinski definition) is 3. The molecule has 3 atom stereocenters. The van der Waals surface area contributed by atoms with E-state index in [4.69, 9.17) is 5.73 Å². The molecule has 1 fully saturated rings. The van der Waals surface area contributed by atoms with Crippen molar-refractivity contribution in [2.24, 2.45) is 17.6 Å². The van der Waals surface area contributed by atoms with E-state index in [1.54, 1.807) is 6.07 Å². The number of aromatic amines is 1. The number of H-pyrrole nitrogens is 1. The molecule has 5 nitrogen and oxygen atoms in total. The number of hydrogen-bond acceptors (Lipinski definition) is 3. The molecule has 0 radical (unpaired) electrons. The van der Waals surface area contributed by atoms with Gasteiger partial charge in [-0.25, -0.2) is 13.1 Å². The second-order valence-electron chi connectivity index (χ2n) is 5.21. The smallest absolute Gasteiger partial charge is 0.242 e. The number of rotatable bonds is 4. The Bertz CT molecular complexity index is 509. The fraction of sp³-hybridized carbons (Fsp3) is 0.667. The molecule has 0 aromatic carbocycles. The Labute approximate surface area is 108 Å². The van der Waals surface area contributed by atoms with Crippen molar-refractivity contribution in [1.82, 2.24) is 9.71 Å². The van der Waals surface area contributed by atoms with Gasteiger partial charge in [-0.3, -0.25) is 0 Å². The second-order valence-corrected chi connectivity index (χ2v) is 6.92. The van der Waals surface area contributed by atoms with Gasteiger partial charge in [0.05, 0.1) is 4.90 Å². The number of aromatic nitrogens is 1. The van der Waals surface area contributed by atoms with Gasteiger partial charge in [0.15, 0.2) is 0 Å². The molecule has 1 saturated carbocycles. The molecule has 3 unspecified atom stereocenters. The third-order valence-corrected chi connectivity index (χ3v) is 5.49. The minimum atomic E-state index is -3.43. The van der Waals surface area contributed by atoms with Crippen molar-refractivity contribution in [3.05, 3.63) is 18.0 Å². The lowest BCUT2D eigenvalue weighted by Crippen LogP contribution is -2.37. The Kier molecular flexibility index (Phi) is 3.79. The molecular formula is C12H21N3O2S. The van der Waals surface area contributed by atoms with E-state index in [0.29, 0.717) is 18.4 Å². The first-order valence-corrected chi connectivity index (χ1v) is 7.82. The van der Waals surface area contributed by atoms with Crippen molar-refractivity contribution in [2.45, 2.75) is 44.2 Å². The summed E-state index contributed by atoms with van der Waals surface area (Å²) >= 11 is 0. The molecule has 6 heteroatoms. The van der Waals surface area contributed by atoms with Gasteiger partial charge in [-0.15, -0.1) is 0 Å². The Hall–Kier alpha value is -0.850. The van der Waals surface area contributed by atoms with Gasteiger partial charge in [0.1, 0.15) is 0 Å². The molecular weight excluding hydrogens is 250 g/mol. The van der Waals surface area contributed by atoms with Gasteiger partial charge in [0.25, 0.3) is 0 Å². The number of nitrogens with two attached hydrogens (primary N) is 1. The molecule has 0 spiro atoms. The van der Waals surface area contributed by atoms with Crippen LogP contribution in [-0.4, -0.2) is 19.4 Å². The highest BCUT2D eigenvalue weighted by Crippen LogP contribution is 2.32. The normalized spacial score (nSPS) is 28.7. The molecule has 4 N–H and O–H groups in total. The molecule has 0 aliphatic heterocycles. The SMILES string of the molecule is CC1CCC(NS(=O)(=O)c2c[nH]c(CN)c2)C1C. The predicted molar refractivity (Wildman–Crippen MR) is 70.4 cm³/mol. The summed E-state index contributed by atoms with van der Waals surface area (Å²) in [7, 11) is -3.43. The van der Waals surface area contributed by atoms with E-state index in [1.165, 1.54) is 6.20 Å². The van der Waals surface area contributed by atoms with Crippen LogP contribution in [0.25, 0.3) is 0 Å². The van der Waals surface area contributed by atoms with Crippen LogP contribution >= 0.6 is 0 Å². The third-order valence-electron chi connectivity index (χ3n) is 4.02. The summed E-state index contributed by atoms with van der Waals surface area (Å²) in [6, 6.07) is 1.63. The van der Waals surface area contributed by atoms with E-state index >= 15 is 0 Å². The average Bonchev–Trinajstić information content (AvgIpc) is 2.91. The Morgan fingerprint density at radius 2 is 2.17 bits per heavy atom. The van der Waals surface area contributed by atoms with E-state index in [1.807, 2.05) is 0 Å². The maximum Gasteiger partial charge on any atom is 0.242 e. The van der Waals surface area contributed by atoms with E-state index in [9.17, 15) is 8.42 Å². The van der Waals surface area contributed by atoms with Crippen molar-refractivity contribution < 1.29 is 8.42 Å². The maximum atomic E-state index is 12.2. The molecule has 102 valence electrons. The maximum absolute atomic E-state index is 12.2. The summed E-state index contributed by atoms with van der Waals surface area (Å²) in [6.07, 6.45) is 3.48. The first kappa shape index (κ1) is 13.6. The quantitative estimate of drug-likeness (QED) is 0.768. The molecule has 0 bridgehead atoms. The Morgan fingerprint density at radius 3 is 2.67 bits per heavy atom. The minimum absolute atomic E-state index is 0.0428. The van der Waals surface area contributed by atoms with E-state index < -0.39 is 10.0 Å². The first-order valence-electron chi connectivity index (χ1n) is 6.33. The highest BCUT2D eigenvalue weighted by molar-refractivity contribution is 7.89. The average molecular weight is 271 g/mol. The lowest BCUT2D eigenvalue weighted by atomic mass is 9.98. The topological polar surface area (TPSA) is 88.0 Å². The van der Waals surface area contributed by atoms with Crippen LogP contribution < -0.4 is 10.5 Å². The fourth-order valence-corrected chi connectivity index (χ4v) is 3.87. The van der Waals surface area contributed by atoms with E-state index in [-0.39, 0.29) is 10.9 Å². The summed E-state index contributed by atoms with van der Waals surface area (Å²) in [5.74, 6) is 0.955. The molecule has 1 aliphatic rings. The molecule has 1 aliphatic carbocycles. The molecule has 1 aromatic rings. The van der Waals surface area contributed by atoms with E-state index in [0.717, 1.165) is 18.5 Å². The highest BCUT2D eigenvalue weighted by Gasteiger charge is 2.33. The summed E-state index contributed by atoms with van der Waals surface area (Å²) in [5, 5.41) is 0. The van der Waals surface area contributed by atoms with Gasteiger partial charge < -0.3 is 10.7 Å². The molecule has 1 heterocycles. The van der Waals surface area contributed by atoms with Crippen molar-refractivity contribution in [3.8, 4) is 0 Å². The van der Waals surface area contributed by atoms with Crippen molar-refractivity contribution in [3.63, 3.8) is 0 Å². The fourth-order valence-electron chi connectivity index (χ4n) is 2.49. The zero-order valence-corrected chi connectivity index (χ0v) is 11.6. The van der Waals surface area contributed by atoms with Gasteiger partial charge >= 0.3 is 0 Å². The van der Waals surface area contributed by atoms with Crippen molar-refractivity contribution in [2.75, 3.05) is 0 Å².